The Morgan fingerprint density at radius 1 is 1.40 bits per heavy atom. The van der Waals surface area contributed by atoms with Gasteiger partial charge in [0.2, 0.25) is 5.91 Å². The first-order valence-electron chi connectivity index (χ1n) is 4.60. The van der Waals surface area contributed by atoms with Crippen molar-refractivity contribution in [2.45, 2.75) is 17.7 Å². The van der Waals surface area contributed by atoms with Crippen molar-refractivity contribution in [1.29, 1.82) is 0 Å². The molecule has 1 aliphatic heterocycles. The van der Waals surface area contributed by atoms with Crippen molar-refractivity contribution in [3.8, 4) is 0 Å². The minimum Gasteiger partial charge on any atom is -0.315 e. The van der Waals surface area contributed by atoms with Crippen LogP contribution in [0.5, 0.6) is 0 Å². The third-order valence-corrected chi connectivity index (χ3v) is 3.25. The first kappa shape index (κ1) is 10.3. The van der Waals surface area contributed by atoms with Crippen molar-refractivity contribution >= 4 is 22.7 Å². The third-order valence-electron chi connectivity index (χ3n) is 2.60. The van der Waals surface area contributed by atoms with E-state index in [-0.39, 0.29) is 5.91 Å². The highest BCUT2D eigenvalue weighted by atomic mass is 32.2. The van der Waals surface area contributed by atoms with Crippen LogP contribution in [0.3, 0.4) is 0 Å². The molecule has 4 nitrogen and oxygen atoms in total. The number of aryl methyl sites for hydroxylation is 1. The van der Waals surface area contributed by atoms with Gasteiger partial charge in [-0.2, -0.15) is 0 Å². The number of hydrogen-bond acceptors (Lipinski definition) is 2. The fourth-order valence-corrected chi connectivity index (χ4v) is 2.17. The summed E-state index contributed by atoms with van der Waals surface area (Å²) in [6.07, 6.45) is 1.11. The second kappa shape index (κ2) is 3.75. The van der Waals surface area contributed by atoms with Crippen LogP contribution in [0, 0.1) is 0 Å². The number of amides is 1. The van der Waals surface area contributed by atoms with Crippen LogP contribution in [-0.2, 0) is 22.3 Å². The summed E-state index contributed by atoms with van der Waals surface area (Å²) < 4.78 is 19.8. The van der Waals surface area contributed by atoms with Gasteiger partial charge in [-0.3, -0.25) is 4.79 Å². The number of rotatable bonds is 1. The monoisotopic (exact) mass is 225 g/mol. The molecule has 0 bridgehead atoms. The number of nitrogens with zero attached hydrogens (tertiary/aromatic N) is 1. The number of anilines is 1. The fourth-order valence-electron chi connectivity index (χ4n) is 1.74. The summed E-state index contributed by atoms with van der Waals surface area (Å²) in [5.74, 6) is 0.0837. The van der Waals surface area contributed by atoms with Gasteiger partial charge >= 0.3 is 0 Å². The first-order valence-corrected chi connectivity index (χ1v) is 5.70. The zero-order valence-corrected chi connectivity index (χ0v) is 9.08. The molecule has 1 aliphatic rings. The number of fused-ring (bicyclic) bond motifs is 1. The lowest BCUT2D eigenvalue weighted by molar-refractivity contribution is -0.118. The van der Waals surface area contributed by atoms with Gasteiger partial charge in [0.15, 0.2) is 11.1 Å². The Morgan fingerprint density at radius 3 is 2.80 bits per heavy atom. The molecule has 15 heavy (non-hydrogen) atoms. The molecule has 1 heterocycles. The van der Waals surface area contributed by atoms with Gasteiger partial charge in [-0.05, 0) is 30.2 Å². The first-order chi connectivity index (χ1) is 7.09. The number of benzene rings is 1. The Bertz CT molecular complexity index is 444. The van der Waals surface area contributed by atoms with E-state index in [1.54, 1.807) is 30.1 Å². The van der Waals surface area contributed by atoms with E-state index < -0.39 is 11.1 Å². The highest BCUT2D eigenvalue weighted by molar-refractivity contribution is 7.79. The molecule has 1 amide bonds. The van der Waals surface area contributed by atoms with Crippen LogP contribution >= 0.6 is 0 Å². The smallest absolute Gasteiger partial charge is 0.227 e. The zero-order chi connectivity index (χ0) is 11.0. The summed E-state index contributed by atoms with van der Waals surface area (Å²) in [4.78, 5) is 13.4. The van der Waals surface area contributed by atoms with Gasteiger partial charge in [-0.15, -0.1) is 0 Å². The van der Waals surface area contributed by atoms with Gasteiger partial charge in [0, 0.05) is 19.2 Å². The molecule has 1 atom stereocenters. The SMILES string of the molecule is CN1C(=O)CCc2cc(S(=O)O)ccc21. The minimum absolute atomic E-state index is 0.0837. The molecule has 1 aromatic carbocycles. The van der Waals surface area contributed by atoms with Crippen molar-refractivity contribution in [2.24, 2.45) is 0 Å². The molecule has 1 N–H and O–H groups in total. The normalized spacial score (nSPS) is 17.5. The molecule has 80 valence electrons. The van der Waals surface area contributed by atoms with Gasteiger partial charge in [-0.25, -0.2) is 4.21 Å². The van der Waals surface area contributed by atoms with Crippen LogP contribution in [0.25, 0.3) is 0 Å². The molecule has 0 saturated carbocycles. The van der Waals surface area contributed by atoms with Crippen molar-refractivity contribution in [1.82, 2.24) is 0 Å². The average Bonchev–Trinajstić information content (AvgIpc) is 2.23. The molecular weight excluding hydrogens is 214 g/mol. The van der Waals surface area contributed by atoms with Crippen molar-refractivity contribution in [3.05, 3.63) is 23.8 Å². The van der Waals surface area contributed by atoms with Crippen LogP contribution in [0.2, 0.25) is 0 Å². The van der Waals surface area contributed by atoms with Crippen LogP contribution in [-0.4, -0.2) is 21.7 Å². The van der Waals surface area contributed by atoms with E-state index in [9.17, 15) is 9.00 Å². The number of hydrogen-bond donors (Lipinski definition) is 1. The molecule has 0 aromatic heterocycles. The summed E-state index contributed by atoms with van der Waals surface area (Å²) in [5.41, 5.74) is 1.79. The van der Waals surface area contributed by atoms with E-state index in [1.807, 2.05) is 0 Å². The third kappa shape index (κ3) is 1.80. The summed E-state index contributed by atoms with van der Waals surface area (Å²) >= 11 is -1.95. The van der Waals surface area contributed by atoms with E-state index >= 15 is 0 Å². The highest BCUT2D eigenvalue weighted by Gasteiger charge is 2.21. The second-order valence-corrected chi connectivity index (χ2v) is 4.46. The van der Waals surface area contributed by atoms with E-state index in [2.05, 4.69) is 0 Å². The predicted molar refractivity (Wildman–Crippen MR) is 57.2 cm³/mol. The molecule has 1 aromatic rings. The lowest BCUT2D eigenvalue weighted by Crippen LogP contribution is -2.31. The largest absolute Gasteiger partial charge is 0.315 e. The lowest BCUT2D eigenvalue weighted by Gasteiger charge is -2.25. The molecule has 0 aliphatic carbocycles. The van der Waals surface area contributed by atoms with Gasteiger partial charge in [0.05, 0.1) is 4.90 Å². The Kier molecular flexibility index (Phi) is 2.58. The summed E-state index contributed by atoms with van der Waals surface area (Å²) in [6.45, 7) is 0. The van der Waals surface area contributed by atoms with E-state index in [4.69, 9.17) is 4.55 Å². The molecule has 0 spiro atoms. The Labute approximate surface area is 90.2 Å². The molecule has 0 radical (unpaired) electrons. The zero-order valence-electron chi connectivity index (χ0n) is 8.27. The molecule has 1 unspecified atom stereocenters. The quantitative estimate of drug-likeness (QED) is 0.730. The molecule has 0 fully saturated rings. The topological polar surface area (TPSA) is 57.6 Å². The van der Waals surface area contributed by atoms with Crippen LogP contribution < -0.4 is 4.90 Å². The Morgan fingerprint density at radius 2 is 2.13 bits per heavy atom. The number of carbonyl (C=O) groups excluding carboxylic acids is 1. The summed E-state index contributed by atoms with van der Waals surface area (Å²) in [6, 6.07) is 4.98. The van der Waals surface area contributed by atoms with Crippen molar-refractivity contribution in [3.63, 3.8) is 0 Å². The second-order valence-electron chi connectivity index (χ2n) is 3.49. The number of carbonyl (C=O) groups is 1. The van der Waals surface area contributed by atoms with Crippen molar-refractivity contribution in [2.75, 3.05) is 11.9 Å². The van der Waals surface area contributed by atoms with E-state index in [0.29, 0.717) is 17.7 Å². The minimum atomic E-state index is -1.95. The van der Waals surface area contributed by atoms with E-state index in [1.165, 1.54) is 0 Å². The summed E-state index contributed by atoms with van der Waals surface area (Å²) in [7, 11) is 1.72. The van der Waals surface area contributed by atoms with Crippen LogP contribution in [0.15, 0.2) is 23.1 Å². The molecule has 5 heteroatoms. The van der Waals surface area contributed by atoms with Gasteiger partial charge in [-0.1, -0.05) is 0 Å². The van der Waals surface area contributed by atoms with E-state index in [0.717, 1.165) is 11.3 Å². The van der Waals surface area contributed by atoms with Gasteiger partial charge in [0.25, 0.3) is 0 Å². The average molecular weight is 225 g/mol. The standard InChI is InChI=1S/C10H11NO3S/c1-11-9-4-3-8(15(13)14)6-7(9)2-5-10(11)12/h3-4,6H,2,5H2,1H3,(H,13,14). The van der Waals surface area contributed by atoms with Gasteiger partial charge < -0.3 is 9.45 Å². The van der Waals surface area contributed by atoms with Crippen molar-refractivity contribution < 1.29 is 13.6 Å². The molecule has 0 saturated heterocycles. The maximum atomic E-state index is 11.4. The highest BCUT2D eigenvalue weighted by Crippen LogP contribution is 2.28. The van der Waals surface area contributed by atoms with Crippen LogP contribution in [0.1, 0.15) is 12.0 Å². The fraction of sp³-hybridized carbons (Fsp3) is 0.300. The predicted octanol–water partition coefficient (Wildman–Crippen LogP) is 1.18. The van der Waals surface area contributed by atoms with Gasteiger partial charge in [0.1, 0.15) is 0 Å². The molecule has 2 rings (SSSR count). The maximum Gasteiger partial charge on any atom is 0.227 e. The molecular formula is C10H11NO3S. The maximum absolute atomic E-state index is 11.4. The Hall–Kier alpha value is -1.20. The Balaban J connectivity index is 2.47. The van der Waals surface area contributed by atoms with Crippen LogP contribution in [0.4, 0.5) is 5.69 Å². The summed E-state index contributed by atoms with van der Waals surface area (Å²) in [5, 5.41) is 0. The lowest BCUT2D eigenvalue weighted by atomic mass is 10.0.